The topological polar surface area (TPSA) is 119 Å². The van der Waals surface area contributed by atoms with Crippen molar-refractivity contribution >= 4 is 33.3 Å². The molecule has 2 aromatic carbocycles. The zero-order valence-corrected chi connectivity index (χ0v) is 19.3. The Hall–Kier alpha value is -3.66. The number of aromatic nitrogens is 2. The van der Waals surface area contributed by atoms with Gasteiger partial charge >= 0.3 is 0 Å². The van der Waals surface area contributed by atoms with E-state index in [2.05, 4.69) is 15.1 Å². The van der Waals surface area contributed by atoms with Gasteiger partial charge in [-0.1, -0.05) is 25.1 Å². The molecule has 3 aromatic rings. The fourth-order valence-corrected chi connectivity index (χ4v) is 5.04. The number of carbonyl (C=O) groups is 2. The zero-order valence-electron chi connectivity index (χ0n) is 18.5. The van der Waals surface area contributed by atoms with Crippen LogP contribution in [0.4, 0.5) is 11.5 Å². The fourth-order valence-electron chi connectivity index (χ4n) is 3.80. The van der Waals surface area contributed by atoms with Crippen molar-refractivity contribution in [3.8, 4) is 16.9 Å². The number of aryl methyl sites for hydroxylation is 2. The standard InChI is InChI=1S/C23H24N4O5S/c1-4-15-6-5-7-17(12-15)26-33(30,31)19-13-16(8-9-18(19)32-3)22-14(2)25-27-21(29)11-10-20(28)24-23(22)27/h5-9,12-13,26H,4,10-11H2,1-3H3,(H,24,28). The van der Waals surface area contributed by atoms with E-state index in [1.807, 2.05) is 13.0 Å². The zero-order chi connectivity index (χ0) is 23.8. The second-order valence-corrected chi connectivity index (χ2v) is 9.34. The maximum absolute atomic E-state index is 13.3. The number of fused-ring (bicyclic) bond motifs is 1. The summed E-state index contributed by atoms with van der Waals surface area (Å²) in [5.41, 5.74) is 2.88. The van der Waals surface area contributed by atoms with E-state index in [-0.39, 0.29) is 41.1 Å². The number of nitrogens with zero attached hydrogens (tertiary/aromatic N) is 2. The second kappa shape index (κ2) is 8.70. The molecule has 33 heavy (non-hydrogen) atoms. The Morgan fingerprint density at radius 3 is 2.67 bits per heavy atom. The van der Waals surface area contributed by atoms with E-state index in [0.717, 1.165) is 12.0 Å². The Labute approximate surface area is 191 Å². The van der Waals surface area contributed by atoms with Crippen LogP contribution in [0.25, 0.3) is 11.1 Å². The van der Waals surface area contributed by atoms with E-state index in [0.29, 0.717) is 22.5 Å². The fraction of sp³-hybridized carbons (Fsp3) is 0.261. The molecule has 1 amide bonds. The Morgan fingerprint density at radius 2 is 1.94 bits per heavy atom. The lowest BCUT2D eigenvalue weighted by Crippen LogP contribution is -2.15. The maximum Gasteiger partial charge on any atom is 0.265 e. The number of benzene rings is 2. The lowest BCUT2D eigenvalue weighted by Gasteiger charge is -2.14. The van der Waals surface area contributed by atoms with E-state index < -0.39 is 10.0 Å². The number of rotatable bonds is 6. The maximum atomic E-state index is 13.3. The third-order valence-electron chi connectivity index (χ3n) is 5.45. The van der Waals surface area contributed by atoms with Gasteiger partial charge in [0.25, 0.3) is 10.0 Å². The van der Waals surface area contributed by atoms with Crippen molar-refractivity contribution in [2.75, 3.05) is 17.1 Å². The lowest BCUT2D eigenvalue weighted by atomic mass is 10.1. The summed E-state index contributed by atoms with van der Waals surface area (Å²) in [7, 11) is -2.62. The van der Waals surface area contributed by atoms with Gasteiger partial charge in [-0.05, 0) is 48.7 Å². The Morgan fingerprint density at radius 1 is 1.15 bits per heavy atom. The van der Waals surface area contributed by atoms with E-state index in [1.54, 1.807) is 31.2 Å². The monoisotopic (exact) mass is 468 g/mol. The molecule has 0 aliphatic carbocycles. The first-order valence-corrected chi connectivity index (χ1v) is 11.9. The molecule has 1 aliphatic heterocycles. The van der Waals surface area contributed by atoms with Crippen molar-refractivity contribution < 1.29 is 22.7 Å². The largest absolute Gasteiger partial charge is 0.495 e. The number of hydrogen-bond acceptors (Lipinski definition) is 6. The number of nitrogens with one attached hydrogen (secondary N) is 2. The van der Waals surface area contributed by atoms with Gasteiger partial charge in [0.05, 0.1) is 12.8 Å². The van der Waals surface area contributed by atoms with Crippen LogP contribution in [0, 0.1) is 6.92 Å². The van der Waals surface area contributed by atoms with Gasteiger partial charge in [0.15, 0.2) is 0 Å². The first-order valence-electron chi connectivity index (χ1n) is 10.5. The number of hydrogen-bond donors (Lipinski definition) is 2. The van der Waals surface area contributed by atoms with Crippen LogP contribution in [0.3, 0.4) is 0 Å². The molecule has 0 saturated heterocycles. The molecule has 0 unspecified atom stereocenters. The quantitative estimate of drug-likeness (QED) is 0.570. The Bertz CT molecular complexity index is 1360. The molecule has 0 spiro atoms. The van der Waals surface area contributed by atoms with E-state index in [4.69, 9.17) is 4.74 Å². The van der Waals surface area contributed by atoms with Crippen molar-refractivity contribution in [1.29, 1.82) is 0 Å². The van der Waals surface area contributed by atoms with Crippen molar-refractivity contribution in [2.45, 2.75) is 38.0 Å². The lowest BCUT2D eigenvalue weighted by molar-refractivity contribution is -0.116. The molecule has 0 saturated carbocycles. The average Bonchev–Trinajstić information content (AvgIpc) is 3.05. The average molecular weight is 469 g/mol. The number of carbonyl (C=O) groups excluding carboxylic acids is 2. The summed E-state index contributed by atoms with van der Waals surface area (Å²) < 4.78 is 35.7. The molecular weight excluding hydrogens is 444 g/mol. The van der Waals surface area contributed by atoms with Crippen molar-refractivity contribution in [1.82, 2.24) is 9.78 Å². The summed E-state index contributed by atoms with van der Waals surface area (Å²) in [4.78, 5) is 24.5. The number of anilines is 2. The first kappa shape index (κ1) is 22.5. The van der Waals surface area contributed by atoms with Gasteiger partial charge < -0.3 is 10.1 Å². The molecule has 172 valence electrons. The summed E-state index contributed by atoms with van der Waals surface area (Å²) in [5.74, 6) is -0.218. The summed E-state index contributed by atoms with van der Waals surface area (Å²) in [6, 6.07) is 11.8. The van der Waals surface area contributed by atoms with Gasteiger partial charge in [-0.2, -0.15) is 9.78 Å². The predicted molar refractivity (Wildman–Crippen MR) is 124 cm³/mol. The minimum absolute atomic E-state index is 0.0440. The third-order valence-corrected chi connectivity index (χ3v) is 6.85. The summed E-state index contributed by atoms with van der Waals surface area (Å²) in [5, 5.41) is 7.00. The number of methoxy groups -OCH3 is 1. The Balaban J connectivity index is 1.82. The SMILES string of the molecule is CCc1cccc(NS(=O)(=O)c2cc(-c3c(C)nn4c3NC(=O)CCC4=O)ccc2OC)c1. The van der Waals surface area contributed by atoms with Crippen molar-refractivity contribution in [3.05, 3.63) is 53.7 Å². The second-order valence-electron chi connectivity index (χ2n) is 7.69. The van der Waals surface area contributed by atoms with E-state index in [9.17, 15) is 18.0 Å². The van der Waals surface area contributed by atoms with Crippen molar-refractivity contribution in [3.63, 3.8) is 0 Å². The van der Waals surface area contributed by atoms with Crippen LogP contribution < -0.4 is 14.8 Å². The molecule has 1 aliphatic rings. The minimum Gasteiger partial charge on any atom is -0.495 e. The smallest absolute Gasteiger partial charge is 0.265 e. The number of sulfonamides is 1. The molecule has 4 rings (SSSR count). The van der Waals surface area contributed by atoms with Gasteiger partial charge in [0.1, 0.15) is 16.5 Å². The highest BCUT2D eigenvalue weighted by Gasteiger charge is 2.28. The van der Waals surface area contributed by atoms with E-state index >= 15 is 0 Å². The van der Waals surface area contributed by atoms with Gasteiger partial charge in [-0.15, -0.1) is 0 Å². The number of ether oxygens (including phenoxy) is 1. The Kier molecular flexibility index (Phi) is 5.94. The van der Waals surface area contributed by atoms with Crippen LogP contribution in [0.5, 0.6) is 5.75 Å². The van der Waals surface area contributed by atoms with Crippen LogP contribution >= 0.6 is 0 Å². The highest BCUT2D eigenvalue weighted by atomic mass is 32.2. The van der Waals surface area contributed by atoms with E-state index in [1.165, 1.54) is 23.9 Å². The van der Waals surface area contributed by atoms with Crippen LogP contribution in [0.2, 0.25) is 0 Å². The molecule has 9 nitrogen and oxygen atoms in total. The van der Waals surface area contributed by atoms with Crippen LogP contribution in [-0.4, -0.2) is 37.1 Å². The molecule has 2 heterocycles. The predicted octanol–water partition coefficient (Wildman–Crippen LogP) is 3.60. The summed E-state index contributed by atoms with van der Waals surface area (Å²) in [6.07, 6.45) is 0.872. The number of amides is 1. The van der Waals surface area contributed by atoms with Crippen LogP contribution in [-0.2, 0) is 21.2 Å². The third kappa shape index (κ3) is 4.34. The molecule has 0 atom stereocenters. The van der Waals surface area contributed by atoms with Gasteiger partial charge in [-0.25, -0.2) is 8.42 Å². The molecule has 0 fully saturated rings. The molecule has 1 aromatic heterocycles. The normalized spacial score (nSPS) is 13.8. The van der Waals surface area contributed by atoms with Crippen LogP contribution in [0.15, 0.2) is 47.4 Å². The highest BCUT2D eigenvalue weighted by Crippen LogP contribution is 2.37. The molecule has 2 N–H and O–H groups in total. The van der Waals surface area contributed by atoms with Gasteiger partial charge in [-0.3, -0.25) is 14.3 Å². The molecule has 0 bridgehead atoms. The minimum atomic E-state index is -4.01. The molecule has 10 heteroatoms. The summed E-state index contributed by atoms with van der Waals surface area (Å²) >= 11 is 0. The molecule has 0 radical (unpaired) electrons. The highest BCUT2D eigenvalue weighted by molar-refractivity contribution is 7.92. The molecular formula is C23H24N4O5S. The van der Waals surface area contributed by atoms with Gasteiger partial charge in [0.2, 0.25) is 11.8 Å². The first-order chi connectivity index (χ1) is 15.7. The van der Waals surface area contributed by atoms with Gasteiger partial charge in [0, 0.05) is 24.1 Å². The van der Waals surface area contributed by atoms with Crippen LogP contribution in [0.1, 0.15) is 35.8 Å². The van der Waals surface area contributed by atoms with Crippen molar-refractivity contribution in [2.24, 2.45) is 0 Å². The summed E-state index contributed by atoms with van der Waals surface area (Å²) in [6.45, 7) is 3.68.